The van der Waals surface area contributed by atoms with Gasteiger partial charge >= 0.3 is 11.9 Å². The number of cyclic esters (lactones) is 1. The van der Waals surface area contributed by atoms with E-state index in [0.29, 0.717) is 40.3 Å². The summed E-state index contributed by atoms with van der Waals surface area (Å²) in [7, 11) is 0. The lowest BCUT2D eigenvalue weighted by Gasteiger charge is -2.11. The number of hydrogen-bond donors (Lipinski definition) is 0. The third-order valence-electron chi connectivity index (χ3n) is 5.41. The third kappa shape index (κ3) is 5.54. The summed E-state index contributed by atoms with van der Waals surface area (Å²) >= 11 is 13.7. The van der Waals surface area contributed by atoms with Gasteiger partial charge in [-0.25, -0.2) is 14.6 Å². The van der Waals surface area contributed by atoms with Gasteiger partial charge in [0.25, 0.3) is 0 Å². The van der Waals surface area contributed by atoms with Crippen LogP contribution >= 0.6 is 34.5 Å². The Hall–Kier alpha value is -3.65. The largest absolute Gasteiger partial charge is 0.490 e. The van der Waals surface area contributed by atoms with E-state index in [2.05, 4.69) is 4.99 Å². The summed E-state index contributed by atoms with van der Waals surface area (Å²) < 4.78 is 17.5. The molecule has 0 fully saturated rings. The van der Waals surface area contributed by atoms with Crippen LogP contribution < -0.4 is 9.47 Å². The van der Waals surface area contributed by atoms with Crippen LogP contribution in [0.4, 0.5) is 0 Å². The minimum absolute atomic E-state index is 0.175. The molecule has 186 valence electrons. The average molecular weight is 552 g/mol. The van der Waals surface area contributed by atoms with Crippen molar-refractivity contribution in [1.29, 1.82) is 0 Å². The molecule has 0 aliphatic carbocycles. The van der Waals surface area contributed by atoms with Crippen LogP contribution in [0.1, 0.15) is 27.7 Å². The number of halogens is 2. The summed E-state index contributed by atoms with van der Waals surface area (Å²) in [6.07, 6.45) is 2.01. The van der Waals surface area contributed by atoms with Crippen LogP contribution in [0, 0.1) is 0 Å². The molecule has 3 aromatic carbocycles. The van der Waals surface area contributed by atoms with Crippen LogP contribution in [0.3, 0.4) is 0 Å². The molecule has 6 nitrogen and oxygen atoms in total. The summed E-state index contributed by atoms with van der Waals surface area (Å²) in [4.78, 5) is 29.9. The van der Waals surface area contributed by atoms with Gasteiger partial charge < -0.3 is 14.2 Å². The second-order valence-corrected chi connectivity index (χ2v) is 9.87. The Labute approximate surface area is 226 Å². The maximum Gasteiger partial charge on any atom is 0.363 e. The highest BCUT2D eigenvalue weighted by Crippen LogP contribution is 2.38. The van der Waals surface area contributed by atoms with Crippen molar-refractivity contribution in [1.82, 2.24) is 0 Å². The van der Waals surface area contributed by atoms with E-state index in [4.69, 9.17) is 37.4 Å². The standard InChI is InChI=1S/C28H19Cl2NO5S/c1-2-34-22-13-17(12-20-27(32)36-24(31-20)14-16-6-4-3-5-7-16)8-11-21(22)35-28(33)26-25(30)19-10-9-18(29)15-23(19)37-26/h3-13,15H,2,14H2,1H3/b20-12+. The highest BCUT2D eigenvalue weighted by atomic mass is 35.5. The second kappa shape index (κ2) is 10.8. The van der Waals surface area contributed by atoms with Gasteiger partial charge in [-0.3, -0.25) is 0 Å². The van der Waals surface area contributed by atoms with Crippen molar-refractivity contribution in [3.05, 3.63) is 98.5 Å². The van der Waals surface area contributed by atoms with Gasteiger partial charge in [0.1, 0.15) is 4.88 Å². The van der Waals surface area contributed by atoms with E-state index in [9.17, 15) is 9.59 Å². The molecule has 0 amide bonds. The minimum atomic E-state index is -0.607. The van der Waals surface area contributed by atoms with Gasteiger partial charge in [0.15, 0.2) is 17.2 Å². The zero-order chi connectivity index (χ0) is 25.9. The number of esters is 2. The SMILES string of the molecule is CCOc1cc(/C=C2/N=C(Cc3ccccc3)OC2=O)ccc1OC(=O)c1sc2cc(Cl)ccc2c1Cl. The van der Waals surface area contributed by atoms with Crippen LogP contribution in [0.15, 0.2) is 77.4 Å². The molecule has 1 aliphatic heterocycles. The molecule has 9 heteroatoms. The van der Waals surface area contributed by atoms with Crippen molar-refractivity contribution in [3.63, 3.8) is 0 Å². The zero-order valence-electron chi connectivity index (χ0n) is 19.5. The molecule has 5 rings (SSSR count). The molecule has 37 heavy (non-hydrogen) atoms. The Morgan fingerprint density at radius 3 is 2.65 bits per heavy atom. The summed E-state index contributed by atoms with van der Waals surface area (Å²) in [6, 6.07) is 19.8. The van der Waals surface area contributed by atoms with Crippen molar-refractivity contribution in [3.8, 4) is 11.5 Å². The summed E-state index contributed by atoms with van der Waals surface area (Å²) in [5, 5.41) is 1.59. The van der Waals surface area contributed by atoms with Crippen molar-refractivity contribution in [2.75, 3.05) is 6.61 Å². The second-order valence-electron chi connectivity index (χ2n) is 8.00. The average Bonchev–Trinajstić information content (AvgIpc) is 3.39. The lowest BCUT2D eigenvalue weighted by molar-refractivity contribution is -0.130. The minimum Gasteiger partial charge on any atom is -0.490 e. The van der Waals surface area contributed by atoms with E-state index >= 15 is 0 Å². The molecule has 0 saturated heterocycles. The van der Waals surface area contributed by atoms with Crippen LogP contribution in [0.25, 0.3) is 16.2 Å². The molecule has 0 N–H and O–H groups in total. The number of rotatable bonds is 7. The normalized spacial score (nSPS) is 14.1. The van der Waals surface area contributed by atoms with Gasteiger partial charge in [-0.05, 0) is 48.4 Å². The molecular formula is C28H19Cl2NO5S. The maximum atomic E-state index is 13.0. The number of carbonyl (C=O) groups is 2. The molecule has 4 aromatic rings. The molecular weight excluding hydrogens is 533 g/mol. The smallest absolute Gasteiger partial charge is 0.363 e. The molecule has 1 aromatic heterocycles. The van der Waals surface area contributed by atoms with Crippen molar-refractivity contribution in [2.45, 2.75) is 13.3 Å². The van der Waals surface area contributed by atoms with Gasteiger partial charge in [0.2, 0.25) is 5.90 Å². The molecule has 2 heterocycles. The van der Waals surface area contributed by atoms with Gasteiger partial charge in [0.05, 0.1) is 11.6 Å². The molecule has 0 saturated carbocycles. The number of fused-ring (bicyclic) bond motifs is 1. The van der Waals surface area contributed by atoms with E-state index in [-0.39, 0.29) is 16.3 Å². The first-order valence-electron chi connectivity index (χ1n) is 11.3. The molecule has 0 unspecified atom stereocenters. The van der Waals surface area contributed by atoms with E-state index in [1.807, 2.05) is 37.3 Å². The van der Waals surface area contributed by atoms with E-state index < -0.39 is 11.9 Å². The molecule has 0 atom stereocenters. The van der Waals surface area contributed by atoms with Crippen LogP contribution in [0.5, 0.6) is 11.5 Å². The molecule has 0 radical (unpaired) electrons. The highest BCUT2D eigenvalue weighted by molar-refractivity contribution is 7.21. The fourth-order valence-corrected chi connectivity index (χ4v) is 5.40. The number of hydrogen-bond acceptors (Lipinski definition) is 7. The van der Waals surface area contributed by atoms with Crippen LogP contribution in [-0.2, 0) is 16.0 Å². The number of ether oxygens (including phenoxy) is 3. The highest BCUT2D eigenvalue weighted by Gasteiger charge is 2.24. The van der Waals surface area contributed by atoms with Crippen molar-refractivity contribution >= 4 is 68.5 Å². The number of thiophene rings is 1. The van der Waals surface area contributed by atoms with Crippen molar-refractivity contribution in [2.24, 2.45) is 4.99 Å². The van der Waals surface area contributed by atoms with Gasteiger partial charge in [-0.2, -0.15) is 0 Å². The van der Waals surface area contributed by atoms with Crippen molar-refractivity contribution < 1.29 is 23.8 Å². The Bertz CT molecular complexity index is 1580. The summed E-state index contributed by atoms with van der Waals surface area (Å²) in [5.74, 6) is -0.240. The fraction of sp³-hybridized carbons (Fsp3) is 0.107. The molecule has 0 bridgehead atoms. The van der Waals surface area contributed by atoms with E-state index in [0.717, 1.165) is 15.6 Å². The first kappa shape index (κ1) is 25.0. The molecule has 1 aliphatic rings. The third-order valence-corrected chi connectivity index (χ3v) is 7.29. The lowest BCUT2D eigenvalue weighted by atomic mass is 10.1. The number of nitrogens with zero attached hydrogens (tertiary/aromatic N) is 1. The fourth-order valence-electron chi connectivity index (χ4n) is 3.74. The first-order valence-corrected chi connectivity index (χ1v) is 12.9. The Balaban J connectivity index is 1.38. The Kier molecular flexibility index (Phi) is 7.28. The number of benzene rings is 3. The topological polar surface area (TPSA) is 74.2 Å². The van der Waals surface area contributed by atoms with Crippen LogP contribution in [0.2, 0.25) is 10.0 Å². The number of aliphatic imine (C=N–C) groups is 1. The maximum absolute atomic E-state index is 13.0. The lowest BCUT2D eigenvalue weighted by Crippen LogP contribution is -2.08. The predicted octanol–water partition coefficient (Wildman–Crippen LogP) is 7.36. The van der Waals surface area contributed by atoms with Gasteiger partial charge in [-0.15, -0.1) is 11.3 Å². The predicted molar refractivity (Wildman–Crippen MR) is 146 cm³/mol. The molecule has 0 spiro atoms. The van der Waals surface area contributed by atoms with E-state index in [1.165, 1.54) is 11.3 Å². The zero-order valence-corrected chi connectivity index (χ0v) is 21.8. The summed E-state index contributed by atoms with van der Waals surface area (Å²) in [6.45, 7) is 2.16. The summed E-state index contributed by atoms with van der Waals surface area (Å²) in [5.41, 5.74) is 1.80. The van der Waals surface area contributed by atoms with Crippen LogP contribution in [-0.4, -0.2) is 24.4 Å². The quantitative estimate of drug-likeness (QED) is 0.136. The van der Waals surface area contributed by atoms with E-state index in [1.54, 1.807) is 42.5 Å². The van der Waals surface area contributed by atoms with Gasteiger partial charge in [0, 0.05) is 21.5 Å². The monoisotopic (exact) mass is 551 g/mol. The Morgan fingerprint density at radius 2 is 1.86 bits per heavy atom. The number of carbonyl (C=O) groups excluding carboxylic acids is 2. The van der Waals surface area contributed by atoms with Gasteiger partial charge in [-0.1, -0.05) is 65.7 Å². The first-order chi connectivity index (χ1) is 17.9. The Morgan fingerprint density at radius 1 is 1.05 bits per heavy atom.